The number of ether oxygens (including phenoxy) is 1. The van der Waals surface area contributed by atoms with E-state index in [1.165, 1.54) is 15.2 Å². The number of aryl methyl sites for hydroxylation is 1. The maximum atomic E-state index is 12.6. The third kappa shape index (κ3) is 4.04. The minimum Gasteiger partial charge on any atom is -0.379 e. The number of anilines is 1. The molecule has 0 unspecified atom stereocenters. The van der Waals surface area contributed by atoms with Crippen LogP contribution in [0.4, 0.5) is 5.82 Å². The molecule has 2 aromatic heterocycles. The normalized spacial score (nSPS) is 15.7. The molecule has 148 valence electrons. The molecular formula is C20H25N4O3S+. The molecule has 0 amide bonds. The van der Waals surface area contributed by atoms with Crippen LogP contribution in [0.3, 0.4) is 0 Å². The van der Waals surface area contributed by atoms with Gasteiger partial charge in [-0.25, -0.2) is 13.4 Å². The first-order valence-electron chi connectivity index (χ1n) is 9.52. The molecule has 4 rings (SSSR count). The maximum absolute atomic E-state index is 12.6. The van der Waals surface area contributed by atoms with Crippen LogP contribution in [0, 0.1) is 0 Å². The van der Waals surface area contributed by atoms with Gasteiger partial charge < -0.3 is 9.30 Å². The SMILES string of the molecule is O=S(=O)(c1ccc(NCCCn2ccc3ccccc32)[nH+]c1)N1CCOCC1. The van der Waals surface area contributed by atoms with Crippen molar-refractivity contribution in [3.05, 3.63) is 54.9 Å². The lowest BCUT2D eigenvalue weighted by Gasteiger charge is -2.25. The predicted molar refractivity (Wildman–Crippen MR) is 108 cm³/mol. The third-order valence-corrected chi connectivity index (χ3v) is 6.86. The Kier molecular flexibility index (Phi) is 5.61. The Morgan fingerprint density at radius 3 is 2.68 bits per heavy atom. The number of nitrogens with one attached hydrogen (secondary N) is 2. The molecule has 8 heteroatoms. The second-order valence-corrected chi connectivity index (χ2v) is 8.74. The highest BCUT2D eigenvalue weighted by atomic mass is 32.2. The molecule has 1 saturated heterocycles. The van der Waals surface area contributed by atoms with E-state index in [4.69, 9.17) is 4.74 Å². The second-order valence-electron chi connectivity index (χ2n) is 6.80. The Labute approximate surface area is 165 Å². The summed E-state index contributed by atoms with van der Waals surface area (Å²) in [6, 6.07) is 13.9. The fourth-order valence-electron chi connectivity index (χ4n) is 3.43. The zero-order valence-corrected chi connectivity index (χ0v) is 16.5. The molecule has 1 aliphatic heterocycles. The number of H-pyrrole nitrogens is 1. The van der Waals surface area contributed by atoms with Gasteiger partial charge in [0.25, 0.3) is 5.82 Å². The summed E-state index contributed by atoms with van der Waals surface area (Å²) in [6.45, 7) is 3.40. The molecule has 0 saturated carbocycles. The Hall–Kier alpha value is -2.42. The van der Waals surface area contributed by atoms with Gasteiger partial charge in [-0.15, -0.1) is 0 Å². The number of rotatable bonds is 7. The Morgan fingerprint density at radius 2 is 1.89 bits per heavy atom. The zero-order valence-electron chi connectivity index (χ0n) is 15.7. The fraction of sp³-hybridized carbons (Fsp3) is 0.350. The molecule has 3 aromatic rings. The number of morpholine rings is 1. The van der Waals surface area contributed by atoms with Crippen molar-refractivity contribution in [2.75, 3.05) is 38.2 Å². The number of fused-ring (bicyclic) bond motifs is 1. The number of para-hydroxylation sites is 1. The van der Waals surface area contributed by atoms with Gasteiger partial charge in [0.2, 0.25) is 10.0 Å². The topological polar surface area (TPSA) is 77.7 Å². The molecule has 1 aromatic carbocycles. The van der Waals surface area contributed by atoms with Crippen molar-refractivity contribution >= 4 is 26.7 Å². The summed E-state index contributed by atoms with van der Waals surface area (Å²) in [4.78, 5) is 3.33. The third-order valence-electron chi connectivity index (χ3n) is 4.96. The highest BCUT2D eigenvalue weighted by Gasteiger charge is 2.27. The van der Waals surface area contributed by atoms with Crippen molar-refractivity contribution in [2.24, 2.45) is 0 Å². The van der Waals surface area contributed by atoms with Crippen LogP contribution >= 0.6 is 0 Å². The molecule has 2 N–H and O–H groups in total. The molecular weight excluding hydrogens is 376 g/mol. The van der Waals surface area contributed by atoms with Gasteiger partial charge in [0.1, 0.15) is 11.1 Å². The first kappa shape index (κ1) is 18.9. The summed E-state index contributed by atoms with van der Waals surface area (Å²) in [5.41, 5.74) is 1.24. The van der Waals surface area contributed by atoms with Gasteiger partial charge in [0.15, 0.2) is 0 Å². The highest BCUT2D eigenvalue weighted by Crippen LogP contribution is 2.17. The largest absolute Gasteiger partial charge is 0.379 e. The summed E-state index contributed by atoms with van der Waals surface area (Å²) in [6.07, 6.45) is 4.62. The number of pyridine rings is 1. The average molecular weight is 402 g/mol. The summed E-state index contributed by atoms with van der Waals surface area (Å²) >= 11 is 0. The van der Waals surface area contributed by atoms with E-state index in [0.717, 1.165) is 25.3 Å². The van der Waals surface area contributed by atoms with E-state index in [-0.39, 0.29) is 4.90 Å². The van der Waals surface area contributed by atoms with Crippen LogP contribution in [0.5, 0.6) is 0 Å². The van der Waals surface area contributed by atoms with Crippen LogP contribution in [-0.4, -0.2) is 50.1 Å². The number of benzene rings is 1. The molecule has 0 aliphatic carbocycles. The summed E-state index contributed by atoms with van der Waals surface area (Å²) < 4.78 is 34.2. The second kappa shape index (κ2) is 8.30. The number of aromatic nitrogens is 2. The lowest BCUT2D eigenvalue weighted by molar-refractivity contribution is -0.364. The monoisotopic (exact) mass is 401 g/mol. The quantitative estimate of drug-likeness (QED) is 0.614. The summed E-state index contributed by atoms with van der Waals surface area (Å²) in [5, 5.41) is 4.57. The van der Waals surface area contributed by atoms with Crippen LogP contribution in [0.2, 0.25) is 0 Å². The van der Waals surface area contributed by atoms with Gasteiger partial charge >= 0.3 is 0 Å². The number of aromatic amines is 1. The Balaban J connectivity index is 1.31. The van der Waals surface area contributed by atoms with Crippen molar-refractivity contribution in [3.8, 4) is 0 Å². The first-order chi connectivity index (χ1) is 13.6. The molecule has 0 radical (unpaired) electrons. The predicted octanol–water partition coefficient (Wildman–Crippen LogP) is 1.98. The molecule has 28 heavy (non-hydrogen) atoms. The van der Waals surface area contributed by atoms with E-state index >= 15 is 0 Å². The van der Waals surface area contributed by atoms with Crippen LogP contribution in [0.25, 0.3) is 10.9 Å². The van der Waals surface area contributed by atoms with E-state index in [9.17, 15) is 8.42 Å². The van der Waals surface area contributed by atoms with Gasteiger partial charge in [-0.05, 0) is 23.6 Å². The molecule has 7 nitrogen and oxygen atoms in total. The van der Waals surface area contributed by atoms with Crippen molar-refractivity contribution in [1.82, 2.24) is 8.87 Å². The molecule has 1 fully saturated rings. The van der Waals surface area contributed by atoms with Crippen molar-refractivity contribution in [1.29, 1.82) is 0 Å². The zero-order chi connectivity index (χ0) is 19.4. The van der Waals surface area contributed by atoms with Crippen molar-refractivity contribution in [3.63, 3.8) is 0 Å². The van der Waals surface area contributed by atoms with Crippen LogP contribution < -0.4 is 10.3 Å². The molecule has 3 heterocycles. The van der Waals surface area contributed by atoms with E-state index in [0.29, 0.717) is 26.3 Å². The van der Waals surface area contributed by atoms with Crippen molar-refractivity contribution in [2.45, 2.75) is 17.9 Å². The van der Waals surface area contributed by atoms with Gasteiger partial charge in [0, 0.05) is 43.8 Å². The number of hydrogen-bond donors (Lipinski definition) is 1. The Bertz CT molecular complexity index is 1030. The molecule has 1 aliphatic rings. The number of hydrogen-bond acceptors (Lipinski definition) is 4. The lowest BCUT2D eigenvalue weighted by atomic mass is 10.2. The van der Waals surface area contributed by atoms with E-state index < -0.39 is 10.0 Å². The lowest BCUT2D eigenvalue weighted by Crippen LogP contribution is -2.40. The van der Waals surface area contributed by atoms with Gasteiger partial charge in [-0.2, -0.15) is 4.31 Å². The van der Waals surface area contributed by atoms with Gasteiger partial charge in [0.05, 0.1) is 19.8 Å². The average Bonchev–Trinajstić information content (AvgIpc) is 3.15. The van der Waals surface area contributed by atoms with Crippen LogP contribution in [0.15, 0.2) is 59.8 Å². The standard InChI is InChI=1S/C20H24N4O3S/c25-28(26,24-12-14-27-15-13-24)18-6-7-20(22-16-18)21-9-3-10-23-11-8-17-4-1-2-5-19(17)23/h1-2,4-8,11,16H,3,9-10,12-15H2,(H,21,22)/p+1. The number of nitrogens with zero attached hydrogens (tertiary/aromatic N) is 2. The summed E-state index contributed by atoms with van der Waals surface area (Å²) in [7, 11) is -3.46. The number of sulfonamides is 1. The fourth-order valence-corrected chi connectivity index (χ4v) is 4.80. The van der Waals surface area contributed by atoms with Crippen LogP contribution in [-0.2, 0) is 21.3 Å². The highest BCUT2D eigenvalue weighted by molar-refractivity contribution is 7.89. The Morgan fingerprint density at radius 1 is 1.07 bits per heavy atom. The molecule has 0 bridgehead atoms. The smallest absolute Gasteiger partial charge is 0.272 e. The first-order valence-corrected chi connectivity index (χ1v) is 11.0. The maximum Gasteiger partial charge on any atom is 0.272 e. The van der Waals surface area contributed by atoms with Crippen molar-refractivity contribution < 1.29 is 18.1 Å². The van der Waals surface area contributed by atoms with Gasteiger partial charge in [-0.1, -0.05) is 18.2 Å². The molecule has 0 spiro atoms. The van der Waals surface area contributed by atoms with E-state index in [2.05, 4.69) is 45.3 Å². The van der Waals surface area contributed by atoms with E-state index in [1.807, 2.05) is 6.07 Å². The minimum atomic E-state index is -3.46. The minimum absolute atomic E-state index is 0.277. The van der Waals surface area contributed by atoms with Gasteiger partial charge in [-0.3, -0.25) is 5.32 Å². The van der Waals surface area contributed by atoms with Crippen LogP contribution in [0.1, 0.15) is 6.42 Å². The summed E-state index contributed by atoms with van der Waals surface area (Å²) in [5.74, 6) is 0.804. The van der Waals surface area contributed by atoms with E-state index in [1.54, 1.807) is 18.3 Å². The molecule has 0 atom stereocenters.